The average molecular weight is 254 g/mol. The number of carbonyl (C=O) groups is 1. The molecule has 0 aliphatic carbocycles. The first-order chi connectivity index (χ1) is 8.15. The van der Waals surface area contributed by atoms with E-state index in [2.05, 4.69) is 5.32 Å². The first-order valence-corrected chi connectivity index (χ1v) is 6.83. The van der Waals surface area contributed by atoms with Gasteiger partial charge in [0.25, 0.3) is 0 Å². The number of amides is 1. The smallest absolute Gasteiger partial charge is 0.237 e. The van der Waals surface area contributed by atoms with Crippen LogP contribution in [0.15, 0.2) is 24.3 Å². The van der Waals surface area contributed by atoms with Gasteiger partial charge in [-0.15, -0.1) is 0 Å². The number of phenolic OH excluding ortho intramolecular Hbond substituents is 1. The lowest BCUT2D eigenvalue weighted by Crippen LogP contribution is -2.40. The van der Waals surface area contributed by atoms with Gasteiger partial charge in [0.15, 0.2) is 0 Å². The molecule has 0 saturated carbocycles. The lowest BCUT2D eigenvalue weighted by molar-refractivity contribution is -0.122. The highest BCUT2D eigenvalue weighted by molar-refractivity contribution is 7.98. The molecule has 0 heterocycles. The van der Waals surface area contributed by atoms with E-state index in [-0.39, 0.29) is 11.7 Å². The van der Waals surface area contributed by atoms with Gasteiger partial charge in [0, 0.05) is 12.1 Å². The normalized spacial score (nSPS) is 12.1. The second-order valence-corrected chi connectivity index (χ2v) is 4.72. The Hall–Kier alpha value is -1.20. The maximum atomic E-state index is 11.6. The molecule has 5 heteroatoms. The minimum Gasteiger partial charge on any atom is -0.508 e. The maximum Gasteiger partial charge on any atom is 0.237 e. The van der Waals surface area contributed by atoms with Crippen LogP contribution in [0.5, 0.6) is 5.75 Å². The van der Waals surface area contributed by atoms with Crippen LogP contribution in [0.25, 0.3) is 0 Å². The second kappa shape index (κ2) is 7.19. The summed E-state index contributed by atoms with van der Waals surface area (Å²) >= 11 is 1.66. The van der Waals surface area contributed by atoms with Crippen molar-refractivity contribution in [1.82, 2.24) is 5.32 Å². The van der Waals surface area contributed by atoms with E-state index >= 15 is 0 Å². The van der Waals surface area contributed by atoms with Crippen molar-refractivity contribution < 1.29 is 9.90 Å². The summed E-state index contributed by atoms with van der Waals surface area (Å²) in [5.41, 5.74) is 6.41. The van der Waals surface area contributed by atoms with Gasteiger partial charge in [-0.3, -0.25) is 4.79 Å². The van der Waals surface area contributed by atoms with Gasteiger partial charge in [0.1, 0.15) is 5.75 Å². The van der Waals surface area contributed by atoms with Gasteiger partial charge in [-0.05, 0) is 24.5 Å². The van der Waals surface area contributed by atoms with Gasteiger partial charge in [-0.2, -0.15) is 11.8 Å². The van der Waals surface area contributed by atoms with E-state index in [0.717, 1.165) is 5.75 Å². The molecule has 1 aromatic rings. The van der Waals surface area contributed by atoms with Crippen LogP contribution in [0.4, 0.5) is 0 Å². The number of hydrogen-bond donors (Lipinski definition) is 3. The topological polar surface area (TPSA) is 75.4 Å². The SMILES string of the molecule is CSCC[C@H](N)C(=O)NCc1ccccc1O. The molecule has 4 nitrogen and oxygen atoms in total. The van der Waals surface area contributed by atoms with Crippen LogP contribution in [0, 0.1) is 0 Å². The molecule has 17 heavy (non-hydrogen) atoms. The fourth-order valence-electron chi connectivity index (χ4n) is 1.35. The minimum atomic E-state index is -0.478. The Kier molecular flexibility index (Phi) is 5.86. The lowest BCUT2D eigenvalue weighted by Gasteiger charge is -2.12. The third-order valence-corrected chi connectivity index (χ3v) is 3.06. The fraction of sp³-hybridized carbons (Fsp3) is 0.417. The zero-order chi connectivity index (χ0) is 12.7. The number of rotatable bonds is 6. The largest absolute Gasteiger partial charge is 0.508 e. The Morgan fingerprint density at radius 3 is 2.88 bits per heavy atom. The Balaban J connectivity index is 2.40. The quantitative estimate of drug-likeness (QED) is 0.710. The molecule has 94 valence electrons. The Morgan fingerprint density at radius 2 is 2.24 bits per heavy atom. The fourth-order valence-corrected chi connectivity index (χ4v) is 1.84. The third kappa shape index (κ3) is 4.66. The van der Waals surface area contributed by atoms with Crippen molar-refractivity contribution in [3.8, 4) is 5.75 Å². The molecule has 0 radical (unpaired) electrons. The minimum absolute atomic E-state index is 0.178. The van der Waals surface area contributed by atoms with E-state index in [1.54, 1.807) is 30.0 Å². The summed E-state index contributed by atoms with van der Waals surface area (Å²) < 4.78 is 0. The van der Waals surface area contributed by atoms with Gasteiger partial charge < -0.3 is 16.2 Å². The van der Waals surface area contributed by atoms with Crippen molar-refractivity contribution in [2.24, 2.45) is 5.73 Å². The predicted octanol–water partition coefficient (Wildman–Crippen LogP) is 1.09. The highest BCUT2D eigenvalue weighted by Crippen LogP contribution is 2.14. The molecule has 0 aliphatic heterocycles. The first kappa shape index (κ1) is 13.9. The van der Waals surface area contributed by atoms with Gasteiger partial charge in [-0.25, -0.2) is 0 Å². The molecule has 1 aromatic carbocycles. The van der Waals surface area contributed by atoms with Crippen molar-refractivity contribution in [2.45, 2.75) is 19.0 Å². The molecule has 0 aromatic heterocycles. The lowest BCUT2D eigenvalue weighted by atomic mass is 10.2. The Labute approximate surface area is 106 Å². The highest BCUT2D eigenvalue weighted by Gasteiger charge is 2.12. The van der Waals surface area contributed by atoms with Gasteiger partial charge in [0.05, 0.1) is 6.04 Å². The molecule has 1 rings (SSSR count). The van der Waals surface area contributed by atoms with Crippen LogP contribution < -0.4 is 11.1 Å². The number of carbonyl (C=O) groups excluding carboxylic acids is 1. The van der Waals surface area contributed by atoms with Crippen LogP contribution in [-0.2, 0) is 11.3 Å². The zero-order valence-electron chi connectivity index (χ0n) is 9.85. The number of phenols is 1. The average Bonchev–Trinajstić information content (AvgIpc) is 2.34. The standard InChI is InChI=1S/C12H18N2O2S/c1-17-7-6-10(13)12(16)14-8-9-4-2-3-5-11(9)15/h2-5,10,15H,6-8,13H2,1H3,(H,14,16)/t10-/m0/s1. The van der Waals surface area contributed by atoms with Crippen molar-refractivity contribution >= 4 is 17.7 Å². The number of nitrogens with two attached hydrogens (primary N) is 1. The van der Waals surface area contributed by atoms with E-state index in [9.17, 15) is 9.90 Å². The number of benzene rings is 1. The zero-order valence-corrected chi connectivity index (χ0v) is 10.7. The molecular formula is C12H18N2O2S. The van der Waals surface area contributed by atoms with Crippen LogP contribution in [0.1, 0.15) is 12.0 Å². The van der Waals surface area contributed by atoms with Crippen LogP contribution >= 0.6 is 11.8 Å². The van der Waals surface area contributed by atoms with Crippen LogP contribution in [-0.4, -0.2) is 29.1 Å². The molecule has 0 fully saturated rings. The first-order valence-electron chi connectivity index (χ1n) is 5.44. The summed E-state index contributed by atoms with van der Waals surface area (Å²) in [6.07, 6.45) is 2.64. The van der Waals surface area contributed by atoms with Crippen molar-refractivity contribution in [2.75, 3.05) is 12.0 Å². The van der Waals surface area contributed by atoms with E-state index in [1.807, 2.05) is 12.3 Å². The number of nitrogens with one attached hydrogen (secondary N) is 1. The molecule has 0 spiro atoms. The van der Waals surface area contributed by atoms with Gasteiger partial charge in [-0.1, -0.05) is 18.2 Å². The monoisotopic (exact) mass is 254 g/mol. The number of aromatic hydroxyl groups is 1. The molecule has 4 N–H and O–H groups in total. The molecular weight excluding hydrogens is 236 g/mol. The molecule has 1 atom stereocenters. The van der Waals surface area contributed by atoms with E-state index < -0.39 is 6.04 Å². The number of hydrogen-bond acceptors (Lipinski definition) is 4. The molecule has 0 aliphatic rings. The van der Waals surface area contributed by atoms with Gasteiger partial charge in [0.2, 0.25) is 5.91 Å². The van der Waals surface area contributed by atoms with Crippen LogP contribution in [0.2, 0.25) is 0 Å². The summed E-state index contributed by atoms with van der Waals surface area (Å²) in [4.78, 5) is 11.6. The maximum absolute atomic E-state index is 11.6. The summed E-state index contributed by atoms with van der Waals surface area (Å²) in [6, 6.07) is 6.44. The van der Waals surface area contributed by atoms with E-state index in [0.29, 0.717) is 18.5 Å². The van der Waals surface area contributed by atoms with Crippen LogP contribution in [0.3, 0.4) is 0 Å². The second-order valence-electron chi connectivity index (χ2n) is 3.73. The Bertz CT molecular complexity index is 371. The Morgan fingerprint density at radius 1 is 1.53 bits per heavy atom. The summed E-state index contributed by atoms with van der Waals surface area (Å²) in [5.74, 6) is 0.873. The van der Waals surface area contributed by atoms with Crippen molar-refractivity contribution in [3.05, 3.63) is 29.8 Å². The van der Waals surface area contributed by atoms with Crippen molar-refractivity contribution in [3.63, 3.8) is 0 Å². The van der Waals surface area contributed by atoms with Gasteiger partial charge >= 0.3 is 0 Å². The van der Waals surface area contributed by atoms with Crippen molar-refractivity contribution in [1.29, 1.82) is 0 Å². The van der Waals surface area contributed by atoms with E-state index in [4.69, 9.17) is 5.73 Å². The summed E-state index contributed by atoms with van der Waals surface area (Å²) in [7, 11) is 0. The highest BCUT2D eigenvalue weighted by atomic mass is 32.2. The molecule has 0 unspecified atom stereocenters. The third-order valence-electron chi connectivity index (χ3n) is 2.41. The predicted molar refractivity (Wildman–Crippen MR) is 70.9 cm³/mol. The summed E-state index contributed by atoms with van der Waals surface area (Å²) in [6.45, 7) is 0.304. The molecule has 0 bridgehead atoms. The number of thioether (sulfide) groups is 1. The molecule has 0 saturated heterocycles. The van der Waals surface area contributed by atoms with E-state index in [1.165, 1.54) is 0 Å². The summed E-state index contributed by atoms with van der Waals surface area (Å²) in [5, 5.41) is 12.2. The molecule has 1 amide bonds. The number of para-hydroxylation sites is 1.